The minimum Gasteiger partial charge on any atom is -0.477 e. The van der Waals surface area contributed by atoms with Gasteiger partial charge in [0, 0.05) is 0 Å². The molecule has 0 heterocycles. The van der Waals surface area contributed by atoms with Gasteiger partial charge in [-0.15, -0.1) is 0 Å². The van der Waals surface area contributed by atoms with Gasteiger partial charge < -0.3 is 9.47 Å². The Bertz CT molecular complexity index is 407. The van der Waals surface area contributed by atoms with Crippen molar-refractivity contribution in [2.24, 2.45) is 0 Å². The zero-order valence-corrected chi connectivity index (χ0v) is 11.9. The Kier molecular flexibility index (Phi) is 6.30. The summed E-state index contributed by atoms with van der Waals surface area (Å²) in [5, 5.41) is 0.706. The molecule has 0 fully saturated rings. The average molecular weight is 291 g/mol. The van der Waals surface area contributed by atoms with Gasteiger partial charge in [-0.2, -0.15) is 0 Å². The van der Waals surface area contributed by atoms with Crippen LogP contribution in [0.5, 0.6) is 5.75 Å². The molecule has 0 saturated heterocycles. The zero-order valence-electron chi connectivity index (χ0n) is 10.4. The molecule has 0 saturated carbocycles. The second kappa shape index (κ2) is 7.49. The summed E-state index contributed by atoms with van der Waals surface area (Å²) in [5.74, 6) is -0.00448. The first-order chi connectivity index (χ1) is 8.60. The molecule has 1 aromatic carbocycles. The number of hydrogen-bond donors (Lipinski definition) is 0. The van der Waals surface area contributed by atoms with Crippen LogP contribution < -0.4 is 4.74 Å². The number of rotatable bonds is 6. The third-order valence-corrected chi connectivity index (χ3v) is 3.27. The summed E-state index contributed by atoms with van der Waals surface area (Å²) in [6, 6.07) is 5.06. The van der Waals surface area contributed by atoms with Crippen molar-refractivity contribution in [1.29, 1.82) is 0 Å². The topological polar surface area (TPSA) is 35.5 Å². The van der Waals surface area contributed by atoms with Crippen LogP contribution in [0.4, 0.5) is 0 Å². The van der Waals surface area contributed by atoms with Gasteiger partial charge in [-0.05, 0) is 25.0 Å². The number of unbranched alkanes of at least 4 members (excludes halogenated alkanes) is 1. The van der Waals surface area contributed by atoms with Crippen molar-refractivity contribution in [1.82, 2.24) is 0 Å². The maximum Gasteiger partial charge on any atom is 0.347 e. The maximum atomic E-state index is 11.6. The Morgan fingerprint density at radius 1 is 1.39 bits per heavy atom. The molecule has 0 N–H and O–H groups in total. The molecule has 100 valence electrons. The van der Waals surface area contributed by atoms with Gasteiger partial charge in [0.25, 0.3) is 0 Å². The Morgan fingerprint density at radius 2 is 2.11 bits per heavy atom. The van der Waals surface area contributed by atoms with Gasteiger partial charge in [0.2, 0.25) is 0 Å². The lowest BCUT2D eigenvalue weighted by atomic mass is 10.1. The van der Waals surface area contributed by atoms with E-state index in [1.54, 1.807) is 18.2 Å². The first-order valence-electron chi connectivity index (χ1n) is 5.78. The van der Waals surface area contributed by atoms with Crippen LogP contribution in [0, 0.1) is 0 Å². The molecule has 1 atom stereocenters. The first kappa shape index (κ1) is 15.1. The van der Waals surface area contributed by atoms with Gasteiger partial charge >= 0.3 is 5.97 Å². The van der Waals surface area contributed by atoms with Crippen molar-refractivity contribution in [2.75, 3.05) is 7.11 Å². The minimum atomic E-state index is -0.647. The van der Waals surface area contributed by atoms with Gasteiger partial charge in [-0.1, -0.05) is 42.6 Å². The highest BCUT2D eigenvalue weighted by molar-refractivity contribution is 6.42. The number of benzene rings is 1. The fourth-order valence-corrected chi connectivity index (χ4v) is 1.81. The smallest absolute Gasteiger partial charge is 0.347 e. The van der Waals surface area contributed by atoms with Gasteiger partial charge in [-0.3, -0.25) is 0 Å². The number of methoxy groups -OCH3 is 1. The summed E-state index contributed by atoms with van der Waals surface area (Å²) in [5.41, 5.74) is 0. The van der Waals surface area contributed by atoms with Gasteiger partial charge in [0.1, 0.15) is 10.8 Å². The van der Waals surface area contributed by atoms with E-state index in [1.165, 1.54) is 7.11 Å². The molecule has 0 radical (unpaired) electrons. The van der Waals surface area contributed by atoms with Gasteiger partial charge in [0.15, 0.2) is 6.10 Å². The standard InChI is InChI=1S/C13H16Cl2O3/c1-3-4-7-11(13(16)17-2)18-10-8-5-6-9(14)12(10)15/h5-6,8,11H,3-4,7H2,1-2H3. The molecular weight excluding hydrogens is 275 g/mol. The molecule has 0 amide bonds. The Morgan fingerprint density at radius 3 is 2.72 bits per heavy atom. The minimum absolute atomic E-state index is 0.310. The molecule has 3 nitrogen and oxygen atoms in total. The molecule has 1 aromatic rings. The molecule has 18 heavy (non-hydrogen) atoms. The Hall–Kier alpha value is -0.930. The van der Waals surface area contributed by atoms with Crippen LogP contribution in [0.25, 0.3) is 0 Å². The van der Waals surface area contributed by atoms with E-state index < -0.39 is 12.1 Å². The summed E-state index contributed by atoms with van der Waals surface area (Å²) in [4.78, 5) is 11.6. The van der Waals surface area contributed by atoms with Gasteiger partial charge in [-0.25, -0.2) is 4.79 Å². The second-order valence-corrected chi connectivity index (χ2v) is 4.61. The third-order valence-electron chi connectivity index (χ3n) is 2.47. The van der Waals surface area contributed by atoms with E-state index in [1.807, 2.05) is 6.92 Å². The highest BCUT2D eigenvalue weighted by Crippen LogP contribution is 2.32. The first-order valence-corrected chi connectivity index (χ1v) is 6.54. The normalized spacial score (nSPS) is 12.0. The molecule has 1 unspecified atom stereocenters. The van der Waals surface area contributed by atoms with E-state index in [2.05, 4.69) is 0 Å². The van der Waals surface area contributed by atoms with Crippen LogP contribution in [0.1, 0.15) is 26.2 Å². The number of carbonyl (C=O) groups excluding carboxylic acids is 1. The quantitative estimate of drug-likeness (QED) is 0.740. The number of esters is 1. The van der Waals surface area contributed by atoms with Crippen molar-refractivity contribution in [2.45, 2.75) is 32.3 Å². The van der Waals surface area contributed by atoms with Crippen LogP contribution >= 0.6 is 23.2 Å². The van der Waals surface area contributed by atoms with E-state index in [9.17, 15) is 4.79 Å². The monoisotopic (exact) mass is 290 g/mol. The summed E-state index contributed by atoms with van der Waals surface area (Å²) >= 11 is 11.9. The van der Waals surface area contributed by atoms with Crippen molar-refractivity contribution < 1.29 is 14.3 Å². The zero-order chi connectivity index (χ0) is 13.5. The summed E-state index contributed by atoms with van der Waals surface area (Å²) in [6.45, 7) is 2.04. The van der Waals surface area contributed by atoms with Crippen LogP contribution in [0.15, 0.2) is 18.2 Å². The number of hydrogen-bond acceptors (Lipinski definition) is 3. The van der Waals surface area contributed by atoms with Crippen molar-refractivity contribution in [3.05, 3.63) is 28.2 Å². The molecule has 0 aromatic heterocycles. The lowest BCUT2D eigenvalue weighted by Gasteiger charge is -2.17. The highest BCUT2D eigenvalue weighted by atomic mass is 35.5. The fraction of sp³-hybridized carbons (Fsp3) is 0.462. The van der Waals surface area contributed by atoms with Crippen LogP contribution in [0.2, 0.25) is 10.0 Å². The predicted octanol–water partition coefficient (Wildman–Crippen LogP) is 4.10. The highest BCUT2D eigenvalue weighted by Gasteiger charge is 2.22. The molecule has 0 aliphatic carbocycles. The van der Waals surface area contributed by atoms with Crippen molar-refractivity contribution >= 4 is 29.2 Å². The van der Waals surface area contributed by atoms with E-state index in [4.69, 9.17) is 32.7 Å². The average Bonchev–Trinajstić information content (AvgIpc) is 2.38. The Balaban J connectivity index is 2.81. The second-order valence-electron chi connectivity index (χ2n) is 3.82. The number of carbonyl (C=O) groups is 1. The summed E-state index contributed by atoms with van der Waals surface area (Å²) in [7, 11) is 1.34. The number of halogens is 2. The SMILES string of the molecule is CCCCC(Oc1cccc(Cl)c1Cl)C(=O)OC. The van der Waals surface area contributed by atoms with E-state index >= 15 is 0 Å². The lowest BCUT2D eigenvalue weighted by Crippen LogP contribution is -2.28. The van der Waals surface area contributed by atoms with Crippen molar-refractivity contribution in [3.8, 4) is 5.75 Å². The Labute approximate surface area is 117 Å². The third kappa shape index (κ3) is 4.07. The molecule has 0 aliphatic rings. The largest absolute Gasteiger partial charge is 0.477 e. The van der Waals surface area contributed by atoms with E-state index in [0.29, 0.717) is 22.2 Å². The van der Waals surface area contributed by atoms with E-state index in [-0.39, 0.29) is 0 Å². The molecule has 5 heteroatoms. The van der Waals surface area contributed by atoms with Crippen molar-refractivity contribution in [3.63, 3.8) is 0 Å². The lowest BCUT2D eigenvalue weighted by molar-refractivity contribution is -0.149. The van der Waals surface area contributed by atoms with Gasteiger partial charge in [0.05, 0.1) is 12.1 Å². The summed E-state index contributed by atoms with van der Waals surface area (Å²) < 4.78 is 10.3. The summed E-state index contributed by atoms with van der Waals surface area (Å²) in [6.07, 6.45) is 1.79. The van der Waals surface area contributed by atoms with Crippen LogP contribution in [-0.2, 0) is 9.53 Å². The molecule has 1 rings (SSSR count). The fourth-order valence-electron chi connectivity index (χ4n) is 1.47. The van der Waals surface area contributed by atoms with E-state index in [0.717, 1.165) is 12.8 Å². The molecule has 0 aliphatic heterocycles. The molecule has 0 spiro atoms. The maximum absolute atomic E-state index is 11.6. The molecular formula is C13H16Cl2O3. The van der Waals surface area contributed by atoms with Crippen LogP contribution in [-0.4, -0.2) is 19.2 Å². The number of ether oxygens (including phenoxy) is 2. The predicted molar refractivity (Wildman–Crippen MR) is 72.4 cm³/mol. The molecule has 0 bridgehead atoms. The van der Waals surface area contributed by atoms with Crippen LogP contribution in [0.3, 0.4) is 0 Å².